The minimum Gasteiger partial charge on any atom is -0.352 e. The van der Waals surface area contributed by atoms with Gasteiger partial charge >= 0.3 is 0 Å². The topological polar surface area (TPSA) is 71.8 Å². The molecule has 2 N–H and O–H groups in total. The molecule has 0 radical (unpaired) electrons. The fourth-order valence-corrected chi connectivity index (χ4v) is 1.56. The summed E-state index contributed by atoms with van der Waals surface area (Å²) in [5, 5.41) is 14.2. The smallest absolute Gasteiger partial charge is 0.242 e. The number of hydrogen-bond acceptors (Lipinski definition) is 4. The third-order valence-electron chi connectivity index (χ3n) is 2.77. The van der Waals surface area contributed by atoms with Crippen molar-refractivity contribution in [2.75, 3.05) is 6.54 Å². The Kier molecular flexibility index (Phi) is 6.49. The number of amides is 1. The Morgan fingerprint density at radius 1 is 1.42 bits per heavy atom. The second kappa shape index (κ2) is 7.89. The molecule has 1 atom stereocenters. The fraction of sp³-hybridized carbons (Fsp3) is 0.769. The van der Waals surface area contributed by atoms with Crippen LogP contribution in [0.15, 0.2) is 6.20 Å². The minimum atomic E-state index is -0.0269. The van der Waals surface area contributed by atoms with Crippen LogP contribution in [0.5, 0.6) is 0 Å². The maximum atomic E-state index is 11.7. The summed E-state index contributed by atoms with van der Waals surface area (Å²) in [6.45, 7) is 10.2. The summed E-state index contributed by atoms with van der Waals surface area (Å²) in [7, 11) is 0. The first-order valence-electron chi connectivity index (χ1n) is 6.90. The van der Waals surface area contributed by atoms with Crippen LogP contribution in [0, 0.1) is 5.92 Å². The van der Waals surface area contributed by atoms with E-state index in [0.29, 0.717) is 12.5 Å². The van der Waals surface area contributed by atoms with Crippen LogP contribution >= 0.6 is 0 Å². The van der Waals surface area contributed by atoms with E-state index >= 15 is 0 Å². The van der Waals surface area contributed by atoms with E-state index in [9.17, 15) is 4.79 Å². The summed E-state index contributed by atoms with van der Waals surface area (Å²) in [5.41, 5.74) is 0.858. The standard InChI is InChI=1S/C13H25N5O/c1-5-11(4)15-13(19)9-18-8-12(16-17-18)7-14-6-10(2)3/h8,10-11,14H,5-7,9H2,1-4H3,(H,15,19). The SMILES string of the molecule is CCC(C)NC(=O)Cn1cc(CNCC(C)C)nn1. The van der Waals surface area contributed by atoms with Gasteiger partial charge in [0.15, 0.2) is 0 Å². The molecule has 6 nitrogen and oxygen atoms in total. The Hall–Kier alpha value is -1.43. The molecule has 0 saturated carbocycles. The molecule has 1 aromatic rings. The average molecular weight is 267 g/mol. The van der Waals surface area contributed by atoms with Gasteiger partial charge in [0.1, 0.15) is 6.54 Å². The molecule has 0 saturated heterocycles. The van der Waals surface area contributed by atoms with Gasteiger partial charge in [-0.3, -0.25) is 4.79 Å². The molecule has 0 aliphatic rings. The van der Waals surface area contributed by atoms with Crippen molar-refractivity contribution < 1.29 is 4.79 Å². The quantitative estimate of drug-likeness (QED) is 0.735. The van der Waals surface area contributed by atoms with Crippen LogP contribution in [0.4, 0.5) is 0 Å². The van der Waals surface area contributed by atoms with Crippen LogP contribution in [0.1, 0.15) is 39.8 Å². The lowest BCUT2D eigenvalue weighted by Gasteiger charge is -2.10. The molecule has 0 aliphatic carbocycles. The average Bonchev–Trinajstić information content (AvgIpc) is 2.75. The maximum Gasteiger partial charge on any atom is 0.242 e. The summed E-state index contributed by atoms with van der Waals surface area (Å²) in [6, 6.07) is 0.197. The van der Waals surface area contributed by atoms with E-state index in [2.05, 4.69) is 34.8 Å². The van der Waals surface area contributed by atoms with Crippen LogP contribution in [0.3, 0.4) is 0 Å². The van der Waals surface area contributed by atoms with Gasteiger partial charge in [-0.1, -0.05) is 26.0 Å². The van der Waals surface area contributed by atoms with Crippen LogP contribution in [0.25, 0.3) is 0 Å². The number of nitrogens with one attached hydrogen (secondary N) is 2. The Bertz CT molecular complexity index is 388. The van der Waals surface area contributed by atoms with Crippen LogP contribution < -0.4 is 10.6 Å². The second-order valence-electron chi connectivity index (χ2n) is 5.31. The van der Waals surface area contributed by atoms with Gasteiger partial charge in [-0.25, -0.2) is 4.68 Å². The summed E-state index contributed by atoms with van der Waals surface area (Å²) < 4.78 is 1.57. The highest BCUT2D eigenvalue weighted by Gasteiger charge is 2.08. The van der Waals surface area contributed by atoms with Crippen LogP contribution in [-0.2, 0) is 17.9 Å². The molecule has 0 spiro atoms. The molecule has 6 heteroatoms. The van der Waals surface area contributed by atoms with Gasteiger partial charge in [-0.2, -0.15) is 0 Å². The molecular formula is C13H25N5O. The Morgan fingerprint density at radius 3 is 2.79 bits per heavy atom. The Balaban J connectivity index is 2.35. The van der Waals surface area contributed by atoms with Gasteiger partial charge in [0.25, 0.3) is 0 Å². The van der Waals surface area contributed by atoms with Gasteiger partial charge in [-0.15, -0.1) is 5.10 Å². The number of nitrogens with zero attached hydrogens (tertiary/aromatic N) is 3. The molecule has 1 amide bonds. The van der Waals surface area contributed by atoms with Crippen LogP contribution in [0.2, 0.25) is 0 Å². The minimum absolute atomic E-state index is 0.0269. The van der Waals surface area contributed by atoms with E-state index in [1.807, 2.05) is 20.0 Å². The number of carbonyl (C=O) groups excluding carboxylic acids is 1. The first-order valence-corrected chi connectivity index (χ1v) is 6.90. The van der Waals surface area contributed by atoms with Crippen molar-refractivity contribution >= 4 is 5.91 Å². The second-order valence-corrected chi connectivity index (χ2v) is 5.31. The zero-order valence-electron chi connectivity index (χ0n) is 12.3. The number of carbonyl (C=O) groups is 1. The molecule has 108 valence electrons. The monoisotopic (exact) mass is 267 g/mol. The van der Waals surface area contributed by atoms with E-state index in [0.717, 1.165) is 18.7 Å². The fourth-order valence-electron chi connectivity index (χ4n) is 1.56. The van der Waals surface area contributed by atoms with Crippen molar-refractivity contribution in [3.05, 3.63) is 11.9 Å². The highest BCUT2D eigenvalue weighted by atomic mass is 16.2. The highest BCUT2D eigenvalue weighted by Crippen LogP contribution is 1.95. The Morgan fingerprint density at radius 2 is 2.16 bits per heavy atom. The van der Waals surface area contributed by atoms with E-state index in [4.69, 9.17) is 0 Å². The number of rotatable bonds is 8. The summed E-state index contributed by atoms with van der Waals surface area (Å²) in [5.74, 6) is 0.581. The number of aromatic nitrogens is 3. The molecule has 0 aliphatic heterocycles. The van der Waals surface area contributed by atoms with Gasteiger partial charge in [0.2, 0.25) is 5.91 Å². The molecule has 1 unspecified atom stereocenters. The molecule has 0 bridgehead atoms. The molecule has 19 heavy (non-hydrogen) atoms. The summed E-state index contributed by atoms with van der Waals surface area (Å²) >= 11 is 0. The van der Waals surface area contributed by atoms with E-state index < -0.39 is 0 Å². The Labute approximate surface area is 115 Å². The largest absolute Gasteiger partial charge is 0.352 e. The zero-order valence-corrected chi connectivity index (χ0v) is 12.3. The van der Waals surface area contributed by atoms with Gasteiger partial charge in [0, 0.05) is 12.6 Å². The molecule has 0 fully saturated rings. The van der Waals surface area contributed by atoms with Crippen molar-refractivity contribution in [1.82, 2.24) is 25.6 Å². The van der Waals surface area contributed by atoms with Gasteiger partial charge < -0.3 is 10.6 Å². The molecule has 1 rings (SSSR count). The number of hydrogen-bond donors (Lipinski definition) is 2. The molecule has 1 heterocycles. The van der Waals surface area contributed by atoms with Gasteiger partial charge in [0.05, 0.1) is 11.9 Å². The first-order chi connectivity index (χ1) is 9.01. The van der Waals surface area contributed by atoms with Crippen molar-refractivity contribution in [2.45, 2.75) is 53.2 Å². The third-order valence-corrected chi connectivity index (χ3v) is 2.77. The van der Waals surface area contributed by atoms with Crippen molar-refractivity contribution in [2.24, 2.45) is 5.92 Å². The van der Waals surface area contributed by atoms with E-state index in [1.54, 1.807) is 4.68 Å². The summed E-state index contributed by atoms with van der Waals surface area (Å²) in [6.07, 6.45) is 2.73. The molecule has 0 aromatic carbocycles. The zero-order chi connectivity index (χ0) is 14.3. The van der Waals surface area contributed by atoms with Gasteiger partial charge in [-0.05, 0) is 25.8 Å². The lowest BCUT2D eigenvalue weighted by molar-refractivity contribution is -0.122. The predicted octanol–water partition coefficient (Wildman–Crippen LogP) is 0.938. The van der Waals surface area contributed by atoms with E-state index in [1.165, 1.54) is 0 Å². The maximum absolute atomic E-state index is 11.7. The molecular weight excluding hydrogens is 242 g/mol. The highest BCUT2D eigenvalue weighted by molar-refractivity contribution is 5.75. The first kappa shape index (κ1) is 15.6. The van der Waals surface area contributed by atoms with Crippen LogP contribution in [-0.4, -0.2) is 33.5 Å². The van der Waals surface area contributed by atoms with E-state index in [-0.39, 0.29) is 18.5 Å². The third kappa shape index (κ3) is 6.33. The molecule has 1 aromatic heterocycles. The van der Waals surface area contributed by atoms with Crippen molar-refractivity contribution in [3.8, 4) is 0 Å². The predicted molar refractivity (Wildman–Crippen MR) is 74.5 cm³/mol. The summed E-state index contributed by atoms with van der Waals surface area (Å²) in [4.78, 5) is 11.7. The lowest BCUT2D eigenvalue weighted by atomic mass is 10.2. The van der Waals surface area contributed by atoms with Crippen molar-refractivity contribution in [3.63, 3.8) is 0 Å². The normalized spacial score (nSPS) is 12.7. The lowest BCUT2D eigenvalue weighted by Crippen LogP contribution is -2.34. The van der Waals surface area contributed by atoms with Crippen molar-refractivity contribution in [1.29, 1.82) is 0 Å².